The van der Waals surface area contributed by atoms with Crippen molar-refractivity contribution < 1.29 is 106 Å². The number of aromatic hydroxyl groups is 1. The van der Waals surface area contributed by atoms with Gasteiger partial charge >= 0.3 is 41.9 Å². The van der Waals surface area contributed by atoms with E-state index in [0.717, 1.165) is 38.5 Å². The Kier molecular flexibility index (Phi) is 27.6. The number of carbonyl (C=O) groups excluding carboxylic acids is 10. The van der Waals surface area contributed by atoms with Crippen LogP contribution in [0.4, 0.5) is 4.79 Å². The zero-order chi connectivity index (χ0) is 86.6. The lowest BCUT2D eigenvalue weighted by molar-refractivity contribution is -0.346. The van der Waals surface area contributed by atoms with E-state index in [1.54, 1.807) is 78.9 Å². The fourth-order valence-corrected chi connectivity index (χ4v) is 22.4. The number of carboxylic acids is 1. The predicted octanol–water partition coefficient (Wildman–Crippen LogP) is 13.5. The molecule has 7 aliphatic carbocycles. The number of nitrogens with one attached hydrogen (secondary N) is 3. The second kappa shape index (κ2) is 37.0. The van der Waals surface area contributed by atoms with Gasteiger partial charge in [-0.15, -0.1) is 0 Å². The lowest BCUT2D eigenvalue weighted by atomic mass is 9.44. The summed E-state index contributed by atoms with van der Waals surface area (Å²) in [5, 5.41) is 55.7. The van der Waals surface area contributed by atoms with Gasteiger partial charge in [-0.25, -0.2) is 14.4 Å². The second-order valence-electron chi connectivity index (χ2n) is 37.0. The van der Waals surface area contributed by atoms with Crippen molar-refractivity contribution in [2.45, 2.75) is 271 Å². The van der Waals surface area contributed by atoms with Crippen LogP contribution in [-0.4, -0.2) is 159 Å². The summed E-state index contributed by atoms with van der Waals surface area (Å²) in [5.74, 6) is -8.17. The number of alkyl carbamates (subject to hydrolysis) is 1. The van der Waals surface area contributed by atoms with Gasteiger partial charge in [-0.05, 0) is 183 Å². The molecular formula is C95H121N3O22. The number of esters is 5. The van der Waals surface area contributed by atoms with Gasteiger partial charge in [0, 0.05) is 63.5 Å². The lowest BCUT2D eigenvalue weighted by Gasteiger charge is -2.67. The molecule has 12 rings (SSSR count). The first-order valence-corrected chi connectivity index (χ1v) is 43.1. The summed E-state index contributed by atoms with van der Waals surface area (Å²) >= 11 is 0. The van der Waals surface area contributed by atoms with E-state index in [4.69, 9.17) is 33.2 Å². The maximum atomic E-state index is 16.0. The number of Topliss-reactive ketones (excluding diaryl/α,β-unsaturated/α-hetero) is 2. The number of fused-ring (bicyclic) bond motifs is 10. The van der Waals surface area contributed by atoms with Crippen LogP contribution in [0.3, 0.4) is 0 Å². The molecule has 1 aliphatic heterocycles. The molecule has 1 heterocycles. The van der Waals surface area contributed by atoms with E-state index in [0.29, 0.717) is 47.5 Å². The number of benzene rings is 4. The summed E-state index contributed by atoms with van der Waals surface area (Å²) in [5.41, 5.74) is -5.86. The van der Waals surface area contributed by atoms with Gasteiger partial charge in [0.1, 0.15) is 41.8 Å². The van der Waals surface area contributed by atoms with Gasteiger partial charge in [0.2, 0.25) is 12.0 Å². The number of carbonyl (C=O) groups is 11. The molecule has 6 fully saturated rings. The largest absolute Gasteiger partial charge is 0.508 e. The molecule has 0 spiro atoms. The number of ketones is 2. The van der Waals surface area contributed by atoms with Crippen LogP contribution in [0.2, 0.25) is 0 Å². The van der Waals surface area contributed by atoms with Crippen LogP contribution >= 0.6 is 0 Å². The van der Waals surface area contributed by atoms with Crippen molar-refractivity contribution in [3.05, 3.63) is 160 Å². The number of unbranched alkanes of at least 4 members (excludes halogenated alkanes) is 1. The minimum absolute atomic E-state index is 0.000378. The highest BCUT2D eigenvalue weighted by Gasteiger charge is 2.79. The maximum Gasteiger partial charge on any atom is 0.408 e. The molecule has 1 saturated heterocycles. The fourth-order valence-electron chi connectivity index (χ4n) is 22.4. The van der Waals surface area contributed by atoms with Crippen LogP contribution in [0.5, 0.6) is 5.75 Å². The zero-order valence-corrected chi connectivity index (χ0v) is 71.1. The summed E-state index contributed by atoms with van der Waals surface area (Å²) in [6.07, 6.45) is 0.656. The molecule has 25 nitrogen and oxygen atoms in total. The van der Waals surface area contributed by atoms with Crippen molar-refractivity contribution in [3.63, 3.8) is 0 Å². The van der Waals surface area contributed by atoms with E-state index in [1.165, 1.54) is 115 Å². The SMILES string of the molecule is CC(=O)O[C@@H]1C(=O)[C@]2(C)C(C(OC(=O)c3ccccc3)[C@]3(O)C[C@@H](OC(=O)[C@@H](OC(=O)CCC(=O)NCCCC[C@@H](CC(=O)C(Cc4ccc(O)cc4)NC(=O)OC4CC[C@@]5(C)C(=CC[C@@H]6[C@@H]5CC[C@]5(C)C([C@H](C)CCCC(C)C)CC[C@@H]65)C4)C(=O)O)[C@H](NC(=O)c4ccccc4)c4ccccc4)C(C)=C1C3(C)C)[C@@]1(OC(C)=O)CO[C@H]1C[C@H]2O. The van der Waals surface area contributed by atoms with Crippen molar-refractivity contribution in [2.24, 2.45) is 69.0 Å². The second-order valence-corrected chi connectivity index (χ2v) is 37.0. The average Bonchev–Trinajstić information content (AvgIpc) is 0.915. The molecule has 3 amide bonds. The molecule has 25 heteroatoms. The van der Waals surface area contributed by atoms with Crippen LogP contribution in [0.1, 0.15) is 236 Å². The number of allylic oxidation sites excluding steroid dienone is 1. The minimum Gasteiger partial charge on any atom is -0.508 e. The highest BCUT2D eigenvalue weighted by atomic mass is 16.6. The Balaban J connectivity index is 0.714. The Morgan fingerprint density at radius 1 is 0.708 bits per heavy atom. The first-order valence-electron chi connectivity index (χ1n) is 43.1. The van der Waals surface area contributed by atoms with E-state index in [1.807, 2.05) is 0 Å². The molecule has 120 heavy (non-hydrogen) atoms. The predicted molar refractivity (Wildman–Crippen MR) is 440 cm³/mol. The highest BCUT2D eigenvalue weighted by Crippen LogP contribution is 2.69. The molecule has 21 atom stereocenters. The summed E-state index contributed by atoms with van der Waals surface area (Å²) in [4.78, 5) is 157. The molecule has 4 aromatic rings. The van der Waals surface area contributed by atoms with Crippen molar-refractivity contribution in [2.75, 3.05) is 13.2 Å². The van der Waals surface area contributed by atoms with Gasteiger partial charge in [0.25, 0.3) is 5.91 Å². The Morgan fingerprint density at radius 2 is 1.38 bits per heavy atom. The number of phenolic OH excluding ortho intramolecular Hbond substituents is 1. The number of aliphatic hydroxyl groups is 2. The van der Waals surface area contributed by atoms with E-state index in [9.17, 15) is 63.6 Å². The van der Waals surface area contributed by atoms with E-state index < -0.39 is 186 Å². The van der Waals surface area contributed by atoms with Crippen molar-refractivity contribution in [1.82, 2.24) is 16.0 Å². The van der Waals surface area contributed by atoms with Crippen LogP contribution < -0.4 is 16.0 Å². The summed E-state index contributed by atoms with van der Waals surface area (Å²) < 4.78 is 43.5. The van der Waals surface area contributed by atoms with Gasteiger partial charge in [0.15, 0.2) is 23.3 Å². The summed E-state index contributed by atoms with van der Waals surface area (Å²) in [6, 6.07) is 27.0. The Morgan fingerprint density at radius 3 is 2.02 bits per heavy atom. The monoisotopic (exact) mass is 1660 g/mol. The quantitative estimate of drug-likeness (QED) is 0.0103. The van der Waals surface area contributed by atoms with Gasteiger partial charge in [-0.2, -0.15) is 0 Å². The standard InChI is InChI=1S/C95H121N3O22/c1-54(2)24-23-25-55(3)68-39-40-69-67-38-35-64-50-66(43-45-91(64,9)70(67)44-46-92(68,69)10)116-89(112)97-71(48-59-33-36-65(101)37-34-59)72(102)49-63(86(108)109)32-21-22-47-96-76(104)41-42-77(105)118-81(79(60-26-15-12-16-27-60)98-85(107)61-28-17-13-18-29-61)88(111)117-73-52-95(113)84(119-87(110)62-30-19-14-20-31-62)82-93(11,74(103)51-75-94(82,53-114-75)120-58(6)100)83(106)80(115-57(5)99)78(56(73)4)90(95,7)8/h12-20,26-31,33-37,54-55,63,66-71,73-75,79-82,84,101,103,113H,21-25,32,38-53H2,1-11H3,(H,96,104)(H,97,112)(H,98,107)(H,108,109)/t55-,63+,66?,67+,68?,69+,70+,71?,73-,74-,75+,79-,80+,81+,82?,84?,91+,92-,93+,94-,95-/m1/s1. The first kappa shape index (κ1) is 89.7. The third kappa shape index (κ3) is 18.4. The molecule has 5 unspecified atom stereocenters. The third-order valence-corrected chi connectivity index (χ3v) is 29.0. The molecule has 648 valence electrons. The van der Waals surface area contributed by atoms with Crippen molar-refractivity contribution in [1.29, 1.82) is 0 Å². The Bertz CT molecular complexity index is 4510. The van der Waals surface area contributed by atoms with Crippen LogP contribution in [0.25, 0.3) is 0 Å². The van der Waals surface area contributed by atoms with Crippen LogP contribution in [-0.2, 0) is 77.9 Å². The van der Waals surface area contributed by atoms with E-state index in [-0.39, 0.29) is 77.6 Å². The molecule has 5 saturated carbocycles. The molecule has 7 N–H and O–H groups in total. The molecule has 0 aromatic heterocycles. The number of carboxylic acid groups (broad SMARTS) is 1. The van der Waals surface area contributed by atoms with Crippen LogP contribution in [0.15, 0.2) is 138 Å². The van der Waals surface area contributed by atoms with Crippen molar-refractivity contribution >= 4 is 65.3 Å². The van der Waals surface area contributed by atoms with Gasteiger partial charge < -0.3 is 69.5 Å². The molecule has 0 radical (unpaired) electrons. The highest BCUT2D eigenvalue weighted by molar-refractivity contribution is 5.97. The lowest BCUT2D eigenvalue weighted by Crippen LogP contribution is -2.82. The summed E-state index contributed by atoms with van der Waals surface area (Å²) in [6.45, 7) is 19.8. The number of aliphatic carboxylic acids is 1. The maximum absolute atomic E-state index is 16.0. The normalized spacial score (nSPS) is 30.7. The van der Waals surface area contributed by atoms with Gasteiger partial charge in [-0.3, -0.25) is 38.4 Å². The zero-order valence-electron chi connectivity index (χ0n) is 71.1. The van der Waals surface area contributed by atoms with Crippen LogP contribution in [0, 0.1) is 69.0 Å². The smallest absolute Gasteiger partial charge is 0.408 e. The molecule has 8 aliphatic rings. The number of hydrogen-bond donors (Lipinski definition) is 7. The van der Waals surface area contributed by atoms with Crippen molar-refractivity contribution in [3.8, 4) is 5.75 Å². The van der Waals surface area contributed by atoms with E-state index in [2.05, 4.69) is 56.6 Å². The third-order valence-electron chi connectivity index (χ3n) is 29.0. The van der Waals surface area contributed by atoms with Gasteiger partial charge in [-0.1, -0.05) is 165 Å². The fraction of sp³-hybridized carbons (Fsp3) is 0.589. The number of hydrogen-bond acceptors (Lipinski definition) is 21. The number of phenols is 1. The number of amides is 3. The molecular weight excluding hydrogens is 1540 g/mol. The average molecular weight is 1660 g/mol. The molecule has 4 aromatic carbocycles. The number of ether oxygens (including phenoxy) is 7. The van der Waals surface area contributed by atoms with E-state index >= 15 is 9.59 Å². The van der Waals surface area contributed by atoms with Gasteiger partial charge in [0.05, 0.1) is 48.0 Å². The number of rotatable bonds is 32. The minimum atomic E-state index is -2.57. The first-order chi connectivity index (χ1) is 56.9. The summed E-state index contributed by atoms with van der Waals surface area (Å²) in [7, 11) is 0. The topological polar surface area (TPSA) is 369 Å². The molecule has 2 bridgehead atoms. The Labute approximate surface area is 702 Å². The number of aliphatic hydroxyl groups excluding tert-OH is 1. The Hall–Kier alpha value is -9.59.